The van der Waals surface area contributed by atoms with Crippen LogP contribution in [-0.4, -0.2) is 29.8 Å². The highest BCUT2D eigenvalue weighted by molar-refractivity contribution is 6.33. The van der Waals surface area contributed by atoms with Crippen molar-refractivity contribution in [1.29, 1.82) is 0 Å². The van der Waals surface area contributed by atoms with E-state index in [1.807, 2.05) is 0 Å². The molecule has 1 heterocycles. The first-order chi connectivity index (χ1) is 7.24. The maximum atomic E-state index is 5.82. The number of nitrogens with zero attached hydrogens (tertiary/aromatic N) is 2. The Morgan fingerprint density at radius 2 is 2.00 bits per heavy atom. The van der Waals surface area contributed by atoms with Crippen molar-refractivity contribution < 1.29 is 0 Å². The lowest BCUT2D eigenvalue weighted by Crippen LogP contribution is -2.22. The van der Waals surface area contributed by atoms with E-state index < -0.39 is 0 Å². The summed E-state index contributed by atoms with van der Waals surface area (Å²) in [6.45, 7) is 4.81. The molecule has 6 heteroatoms. The number of nitrogens with one attached hydrogen (secondary N) is 2. The van der Waals surface area contributed by atoms with E-state index in [0.29, 0.717) is 10.3 Å². The fraction of sp³-hybridized carbons (Fsp3) is 0.556. The predicted octanol–water partition coefficient (Wildman–Crippen LogP) is 2.19. The van der Waals surface area contributed by atoms with E-state index in [9.17, 15) is 0 Å². The Morgan fingerprint density at radius 3 is 2.73 bits per heavy atom. The Hall–Kier alpha value is -0.580. The van der Waals surface area contributed by atoms with Gasteiger partial charge in [-0.05, 0) is 13.0 Å². The van der Waals surface area contributed by atoms with Crippen LogP contribution < -0.4 is 10.6 Å². The lowest BCUT2D eigenvalue weighted by atomic mass is 10.4. The number of rotatable bonds is 6. The SMILES string of the molecule is CCCNCCNc1cc(Cl)nnc1Cl. The third kappa shape index (κ3) is 4.64. The van der Waals surface area contributed by atoms with Crippen molar-refractivity contribution in [3.63, 3.8) is 0 Å². The molecule has 0 saturated heterocycles. The van der Waals surface area contributed by atoms with Crippen molar-refractivity contribution in [3.05, 3.63) is 16.4 Å². The van der Waals surface area contributed by atoms with Crippen molar-refractivity contribution in [2.75, 3.05) is 25.0 Å². The standard InChI is InChI=1S/C9H14Cl2N4/c1-2-3-12-4-5-13-7-6-8(10)14-15-9(7)11/h6,12H,2-5H2,1H3,(H,13,14). The summed E-state index contributed by atoms with van der Waals surface area (Å²) in [7, 11) is 0. The number of aromatic nitrogens is 2. The van der Waals surface area contributed by atoms with Gasteiger partial charge in [0, 0.05) is 19.2 Å². The normalized spacial score (nSPS) is 10.3. The predicted molar refractivity (Wildman–Crippen MR) is 63.7 cm³/mol. The Labute approximate surface area is 99.4 Å². The summed E-state index contributed by atoms with van der Waals surface area (Å²) in [5.74, 6) is 0. The van der Waals surface area contributed by atoms with E-state index in [1.165, 1.54) is 0 Å². The summed E-state index contributed by atoms with van der Waals surface area (Å²) in [5, 5.41) is 14.4. The zero-order chi connectivity index (χ0) is 11.1. The van der Waals surface area contributed by atoms with E-state index in [1.54, 1.807) is 6.07 Å². The van der Waals surface area contributed by atoms with Crippen molar-refractivity contribution in [3.8, 4) is 0 Å². The molecule has 1 rings (SSSR count). The van der Waals surface area contributed by atoms with Crippen LogP contribution in [-0.2, 0) is 0 Å². The van der Waals surface area contributed by atoms with Crippen LogP contribution in [0.5, 0.6) is 0 Å². The molecule has 1 aromatic heterocycles. The Bertz CT molecular complexity index is 306. The van der Waals surface area contributed by atoms with Crippen molar-refractivity contribution in [1.82, 2.24) is 15.5 Å². The maximum Gasteiger partial charge on any atom is 0.174 e. The van der Waals surface area contributed by atoms with Gasteiger partial charge < -0.3 is 10.6 Å². The zero-order valence-electron chi connectivity index (χ0n) is 8.56. The Kier molecular flexibility index (Phi) is 5.68. The van der Waals surface area contributed by atoms with Crippen LogP contribution in [0.2, 0.25) is 10.3 Å². The molecule has 0 aliphatic heterocycles. The van der Waals surface area contributed by atoms with Gasteiger partial charge in [0.2, 0.25) is 0 Å². The lowest BCUT2D eigenvalue weighted by Gasteiger charge is -2.07. The molecular formula is C9H14Cl2N4. The molecule has 0 aliphatic rings. The summed E-state index contributed by atoms with van der Waals surface area (Å²) in [4.78, 5) is 0. The van der Waals surface area contributed by atoms with E-state index >= 15 is 0 Å². The monoisotopic (exact) mass is 248 g/mol. The average molecular weight is 249 g/mol. The van der Waals surface area contributed by atoms with Gasteiger partial charge in [-0.1, -0.05) is 30.1 Å². The Morgan fingerprint density at radius 1 is 1.20 bits per heavy atom. The molecule has 84 valence electrons. The fourth-order valence-corrected chi connectivity index (χ4v) is 1.37. The quantitative estimate of drug-likeness (QED) is 0.759. The van der Waals surface area contributed by atoms with Gasteiger partial charge in [-0.2, -0.15) is 0 Å². The molecule has 1 aromatic rings. The minimum absolute atomic E-state index is 0.336. The highest BCUT2D eigenvalue weighted by Gasteiger charge is 2.02. The molecule has 15 heavy (non-hydrogen) atoms. The summed E-state index contributed by atoms with van der Waals surface area (Å²) in [6.07, 6.45) is 1.13. The van der Waals surface area contributed by atoms with Crippen molar-refractivity contribution in [2.45, 2.75) is 13.3 Å². The number of anilines is 1. The van der Waals surface area contributed by atoms with Gasteiger partial charge in [-0.25, -0.2) is 0 Å². The zero-order valence-corrected chi connectivity index (χ0v) is 10.1. The second-order valence-corrected chi connectivity index (χ2v) is 3.79. The second kappa shape index (κ2) is 6.82. The highest BCUT2D eigenvalue weighted by Crippen LogP contribution is 2.20. The van der Waals surface area contributed by atoms with Crippen LogP contribution in [0.4, 0.5) is 5.69 Å². The van der Waals surface area contributed by atoms with Crippen LogP contribution in [0.3, 0.4) is 0 Å². The topological polar surface area (TPSA) is 49.8 Å². The molecule has 0 spiro atoms. The third-order valence-electron chi connectivity index (χ3n) is 1.76. The molecule has 0 fully saturated rings. The number of hydrogen-bond donors (Lipinski definition) is 2. The first-order valence-corrected chi connectivity index (χ1v) is 5.63. The van der Waals surface area contributed by atoms with E-state index in [4.69, 9.17) is 23.2 Å². The van der Waals surface area contributed by atoms with Gasteiger partial charge in [0.15, 0.2) is 10.3 Å². The third-order valence-corrected chi connectivity index (χ3v) is 2.23. The maximum absolute atomic E-state index is 5.82. The largest absolute Gasteiger partial charge is 0.381 e. The number of hydrogen-bond acceptors (Lipinski definition) is 4. The molecule has 0 amide bonds. The van der Waals surface area contributed by atoms with E-state index in [2.05, 4.69) is 27.8 Å². The van der Waals surface area contributed by atoms with Crippen molar-refractivity contribution >= 4 is 28.9 Å². The molecule has 0 bridgehead atoms. The Balaban J connectivity index is 2.33. The van der Waals surface area contributed by atoms with Crippen molar-refractivity contribution in [2.24, 2.45) is 0 Å². The molecular weight excluding hydrogens is 235 g/mol. The molecule has 4 nitrogen and oxygen atoms in total. The first kappa shape index (κ1) is 12.5. The smallest absolute Gasteiger partial charge is 0.174 e. The van der Waals surface area contributed by atoms with Crippen LogP contribution in [0.25, 0.3) is 0 Å². The highest BCUT2D eigenvalue weighted by atomic mass is 35.5. The average Bonchev–Trinajstić information content (AvgIpc) is 2.23. The summed E-state index contributed by atoms with van der Waals surface area (Å²) < 4.78 is 0. The van der Waals surface area contributed by atoms with Gasteiger partial charge >= 0.3 is 0 Å². The molecule has 0 aliphatic carbocycles. The lowest BCUT2D eigenvalue weighted by molar-refractivity contribution is 0.687. The second-order valence-electron chi connectivity index (χ2n) is 3.05. The van der Waals surface area contributed by atoms with Gasteiger partial charge in [0.05, 0.1) is 5.69 Å². The van der Waals surface area contributed by atoms with Crippen LogP contribution in [0.15, 0.2) is 6.07 Å². The summed E-state index contributed by atoms with van der Waals surface area (Å²) in [6, 6.07) is 1.66. The summed E-state index contributed by atoms with van der Waals surface area (Å²) >= 11 is 11.5. The molecule has 2 N–H and O–H groups in total. The first-order valence-electron chi connectivity index (χ1n) is 4.87. The molecule has 0 saturated carbocycles. The molecule has 0 unspecified atom stereocenters. The summed E-state index contributed by atoms with van der Waals surface area (Å²) in [5.41, 5.74) is 0.718. The molecule has 0 atom stereocenters. The van der Waals surface area contributed by atoms with E-state index in [0.717, 1.165) is 31.7 Å². The van der Waals surface area contributed by atoms with Crippen LogP contribution in [0, 0.1) is 0 Å². The van der Waals surface area contributed by atoms with Gasteiger partial charge in [0.1, 0.15) is 0 Å². The molecule has 0 radical (unpaired) electrons. The van der Waals surface area contributed by atoms with Gasteiger partial charge in [0.25, 0.3) is 0 Å². The molecule has 0 aromatic carbocycles. The van der Waals surface area contributed by atoms with Gasteiger partial charge in [-0.15, -0.1) is 10.2 Å². The minimum atomic E-state index is 0.336. The minimum Gasteiger partial charge on any atom is -0.381 e. The van der Waals surface area contributed by atoms with Crippen LogP contribution >= 0.6 is 23.2 Å². The van der Waals surface area contributed by atoms with E-state index in [-0.39, 0.29) is 0 Å². The number of halogens is 2. The van der Waals surface area contributed by atoms with Crippen LogP contribution in [0.1, 0.15) is 13.3 Å². The fourth-order valence-electron chi connectivity index (χ4n) is 1.06. The van der Waals surface area contributed by atoms with Gasteiger partial charge in [-0.3, -0.25) is 0 Å².